The van der Waals surface area contributed by atoms with E-state index in [-0.39, 0.29) is 17.7 Å². The maximum Gasteiger partial charge on any atom is 0.127 e. The predicted octanol–water partition coefficient (Wildman–Crippen LogP) is 9.23. The van der Waals surface area contributed by atoms with Crippen molar-refractivity contribution in [2.24, 2.45) is 5.73 Å². The highest BCUT2D eigenvalue weighted by atomic mass is 15.2. The largest absolute Gasteiger partial charge is 0.344 e. The van der Waals surface area contributed by atoms with Crippen molar-refractivity contribution in [3.63, 3.8) is 0 Å². The molecule has 0 spiro atoms. The lowest BCUT2D eigenvalue weighted by atomic mass is 9.79. The molecule has 2 aliphatic rings. The van der Waals surface area contributed by atoms with Crippen LogP contribution < -0.4 is 11.9 Å². The maximum absolute atomic E-state index is 6.89. The van der Waals surface area contributed by atoms with E-state index in [4.69, 9.17) is 10.7 Å². The summed E-state index contributed by atoms with van der Waals surface area (Å²) in [6, 6.07) is 20.6. The van der Waals surface area contributed by atoms with Crippen LogP contribution in [-0.2, 0) is 5.54 Å². The van der Waals surface area contributed by atoms with Gasteiger partial charge in [0.25, 0.3) is 0 Å². The molecule has 5 heteroatoms. The van der Waals surface area contributed by atoms with Crippen LogP contribution in [0.15, 0.2) is 54.6 Å². The van der Waals surface area contributed by atoms with E-state index in [1.807, 2.05) is 0 Å². The molecule has 2 fully saturated rings. The zero-order valence-electron chi connectivity index (χ0n) is 25.2. The molecule has 0 bridgehead atoms. The predicted molar refractivity (Wildman–Crippen MR) is 170 cm³/mol. The normalized spacial score (nSPS) is 19.2. The minimum Gasteiger partial charge on any atom is -0.344 e. The zero-order valence-corrected chi connectivity index (χ0v) is 25.2. The highest BCUT2D eigenvalue weighted by Gasteiger charge is 2.40. The number of likely N-dealkylation sites (tertiary alicyclic amines) is 1. The van der Waals surface area contributed by atoms with Gasteiger partial charge in [-0.3, -0.25) is 4.90 Å². The maximum atomic E-state index is 6.89. The second kappa shape index (κ2) is 15.1. The van der Waals surface area contributed by atoms with Crippen LogP contribution in [0.2, 0.25) is 0 Å². The molecule has 0 radical (unpaired) electrons. The number of nitrogens with zero attached hydrogens (tertiary/aromatic N) is 3. The van der Waals surface area contributed by atoms with Gasteiger partial charge in [0.05, 0.1) is 17.1 Å². The lowest BCUT2D eigenvalue weighted by Crippen LogP contribution is -2.50. The Hall–Kier alpha value is -2.21. The Morgan fingerprint density at radius 2 is 1.45 bits per heavy atom. The van der Waals surface area contributed by atoms with Crippen LogP contribution in [0.25, 0.3) is 11.0 Å². The molecule has 2 aromatic carbocycles. The highest BCUT2D eigenvalue weighted by Crippen LogP contribution is 2.44. The topological polar surface area (TPSA) is 82.1 Å². The van der Waals surface area contributed by atoms with Crippen LogP contribution in [0.3, 0.4) is 0 Å². The second-order valence-electron chi connectivity index (χ2n) is 12.4. The van der Waals surface area contributed by atoms with Crippen molar-refractivity contribution >= 4 is 11.0 Å². The molecule has 40 heavy (non-hydrogen) atoms. The van der Waals surface area contributed by atoms with Crippen molar-refractivity contribution in [2.75, 3.05) is 13.1 Å². The van der Waals surface area contributed by atoms with Crippen LogP contribution >= 0.6 is 0 Å². The van der Waals surface area contributed by atoms with Crippen molar-refractivity contribution in [2.45, 2.75) is 127 Å². The van der Waals surface area contributed by atoms with Crippen LogP contribution in [0, 0.1) is 0 Å². The monoisotopic (exact) mass is 545 g/mol. The molecule has 3 aromatic rings. The molecule has 1 saturated heterocycles. The van der Waals surface area contributed by atoms with Crippen molar-refractivity contribution in [1.29, 1.82) is 0 Å². The Morgan fingerprint density at radius 3 is 2.15 bits per heavy atom. The summed E-state index contributed by atoms with van der Waals surface area (Å²) in [5, 5.41) is 0. The SMILES string of the molecule is CCCCCCCCCC(N)c1nc2ccccc2n1C1CCN(C2(c3ccccc3)CCCCCC2)CC1.N. The fourth-order valence-electron chi connectivity index (χ4n) is 7.56. The first-order chi connectivity index (χ1) is 19.2. The van der Waals surface area contributed by atoms with Gasteiger partial charge in [-0.05, 0) is 49.8 Å². The number of unbranched alkanes of at least 4 members (excludes halogenated alkanes) is 6. The Labute approximate surface area is 243 Å². The molecule has 1 atom stereocenters. The molecule has 220 valence electrons. The third kappa shape index (κ3) is 6.98. The van der Waals surface area contributed by atoms with Crippen molar-refractivity contribution in [3.05, 3.63) is 66.0 Å². The summed E-state index contributed by atoms with van der Waals surface area (Å²) in [7, 11) is 0. The fraction of sp³-hybridized carbons (Fsp3) is 0.629. The zero-order chi connectivity index (χ0) is 26.9. The van der Waals surface area contributed by atoms with Gasteiger partial charge >= 0.3 is 0 Å². The molecular formula is C35H55N5. The number of rotatable bonds is 12. The molecule has 1 aliphatic carbocycles. The van der Waals surface area contributed by atoms with E-state index in [1.54, 1.807) is 0 Å². The third-order valence-electron chi connectivity index (χ3n) is 9.75. The van der Waals surface area contributed by atoms with Crippen LogP contribution in [0.4, 0.5) is 0 Å². The second-order valence-corrected chi connectivity index (χ2v) is 12.4. The van der Waals surface area contributed by atoms with E-state index in [2.05, 4.69) is 71.0 Å². The van der Waals surface area contributed by atoms with Gasteiger partial charge in [-0.1, -0.05) is 120 Å². The van der Waals surface area contributed by atoms with E-state index in [1.165, 1.54) is 107 Å². The molecule has 5 N–H and O–H groups in total. The average molecular weight is 546 g/mol. The van der Waals surface area contributed by atoms with Gasteiger partial charge in [-0.25, -0.2) is 4.98 Å². The van der Waals surface area contributed by atoms with Gasteiger partial charge in [0, 0.05) is 24.7 Å². The molecule has 5 rings (SSSR count). The smallest absolute Gasteiger partial charge is 0.127 e. The van der Waals surface area contributed by atoms with Crippen molar-refractivity contribution < 1.29 is 0 Å². The summed E-state index contributed by atoms with van der Waals surface area (Å²) < 4.78 is 2.56. The van der Waals surface area contributed by atoms with E-state index < -0.39 is 0 Å². The van der Waals surface area contributed by atoms with Gasteiger partial charge in [0.2, 0.25) is 0 Å². The summed E-state index contributed by atoms with van der Waals surface area (Å²) in [6.45, 7) is 4.59. The summed E-state index contributed by atoms with van der Waals surface area (Å²) in [4.78, 5) is 8.00. The van der Waals surface area contributed by atoms with Gasteiger partial charge in [0.15, 0.2) is 0 Å². The number of imidazole rings is 1. The van der Waals surface area contributed by atoms with Crippen molar-refractivity contribution in [1.82, 2.24) is 20.6 Å². The third-order valence-corrected chi connectivity index (χ3v) is 9.75. The highest BCUT2D eigenvalue weighted by molar-refractivity contribution is 5.76. The molecule has 1 aromatic heterocycles. The first-order valence-electron chi connectivity index (χ1n) is 16.3. The molecule has 1 saturated carbocycles. The number of hydrogen-bond donors (Lipinski definition) is 2. The summed E-state index contributed by atoms with van der Waals surface area (Å²) in [5.74, 6) is 1.12. The Kier molecular flexibility index (Phi) is 11.6. The molecule has 2 heterocycles. The van der Waals surface area contributed by atoms with Crippen LogP contribution in [0.5, 0.6) is 0 Å². The van der Waals surface area contributed by atoms with Gasteiger partial charge < -0.3 is 16.5 Å². The Balaban J connectivity index is 0.00000370. The quantitative estimate of drug-likeness (QED) is 0.175. The molecular weight excluding hydrogens is 490 g/mol. The Bertz CT molecular complexity index is 1120. The first-order valence-corrected chi connectivity index (χ1v) is 16.3. The molecule has 1 unspecified atom stereocenters. The first kappa shape index (κ1) is 30.7. The number of piperidine rings is 1. The number of fused-ring (bicyclic) bond motifs is 1. The van der Waals surface area contributed by atoms with Gasteiger partial charge in [-0.2, -0.15) is 0 Å². The van der Waals surface area contributed by atoms with E-state index in [9.17, 15) is 0 Å². The minimum absolute atomic E-state index is 0. The molecule has 5 nitrogen and oxygen atoms in total. The molecule has 0 amide bonds. The number of hydrogen-bond acceptors (Lipinski definition) is 4. The molecule has 1 aliphatic heterocycles. The average Bonchev–Trinajstić information content (AvgIpc) is 3.19. The fourth-order valence-corrected chi connectivity index (χ4v) is 7.56. The lowest BCUT2D eigenvalue weighted by molar-refractivity contribution is 0.0354. The van der Waals surface area contributed by atoms with Gasteiger partial charge in [-0.15, -0.1) is 0 Å². The standard InChI is InChI=1S/C35H52N4.H3N/c1-2-3-4-5-6-7-13-20-31(36)34-37-32-21-14-15-22-33(32)39(34)30-23-27-38(28-24-30)35(25-16-8-9-17-26-35)29-18-11-10-12-19-29;/h10-12,14-15,18-19,21-22,30-31H,2-9,13,16-17,20,23-28,36H2,1H3;1H3. The van der Waals surface area contributed by atoms with E-state index in [0.717, 1.165) is 30.9 Å². The van der Waals surface area contributed by atoms with Crippen LogP contribution in [-0.4, -0.2) is 27.5 Å². The van der Waals surface area contributed by atoms with E-state index in [0.29, 0.717) is 6.04 Å². The summed E-state index contributed by atoms with van der Waals surface area (Å²) >= 11 is 0. The lowest BCUT2D eigenvalue weighted by Gasteiger charge is -2.48. The van der Waals surface area contributed by atoms with Crippen LogP contribution in [0.1, 0.15) is 133 Å². The van der Waals surface area contributed by atoms with Crippen molar-refractivity contribution in [3.8, 4) is 0 Å². The van der Waals surface area contributed by atoms with Gasteiger partial charge in [0.1, 0.15) is 5.82 Å². The summed E-state index contributed by atoms with van der Waals surface area (Å²) in [5.41, 5.74) is 11.0. The number of aromatic nitrogens is 2. The number of benzene rings is 2. The van der Waals surface area contributed by atoms with E-state index >= 15 is 0 Å². The number of para-hydroxylation sites is 2. The summed E-state index contributed by atoms with van der Waals surface area (Å²) in [6.07, 6.45) is 20.7. The number of nitrogens with two attached hydrogens (primary N) is 1. The minimum atomic E-state index is 0. The Morgan fingerprint density at radius 1 is 0.825 bits per heavy atom.